The minimum Gasteiger partial charge on any atom is -0.393 e. The van der Waals surface area contributed by atoms with E-state index in [2.05, 4.69) is 20.5 Å². The van der Waals surface area contributed by atoms with Crippen molar-refractivity contribution in [2.75, 3.05) is 0 Å². The zero-order valence-corrected chi connectivity index (χ0v) is 13.4. The van der Waals surface area contributed by atoms with Crippen molar-refractivity contribution < 1.29 is 9.90 Å². The third kappa shape index (κ3) is 3.42. The molecule has 0 bridgehead atoms. The van der Waals surface area contributed by atoms with Gasteiger partial charge in [-0.2, -0.15) is 5.10 Å². The summed E-state index contributed by atoms with van der Waals surface area (Å²) in [4.78, 5) is 16.9. The van der Waals surface area contributed by atoms with E-state index in [1.165, 1.54) is 0 Å². The van der Waals surface area contributed by atoms with Crippen LogP contribution in [0.1, 0.15) is 41.5 Å². The van der Waals surface area contributed by atoms with E-state index < -0.39 is 0 Å². The molecule has 1 aliphatic carbocycles. The molecule has 0 saturated heterocycles. The van der Waals surface area contributed by atoms with Crippen LogP contribution >= 0.6 is 0 Å². The highest BCUT2D eigenvalue weighted by atomic mass is 16.3. The lowest BCUT2D eigenvalue weighted by atomic mass is 9.76. The highest BCUT2D eigenvalue weighted by molar-refractivity contribution is 5.79. The van der Waals surface area contributed by atoms with E-state index in [9.17, 15) is 9.90 Å². The van der Waals surface area contributed by atoms with Gasteiger partial charge in [0.25, 0.3) is 0 Å². The summed E-state index contributed by atoms with van der Waals surface area (Å²) in [6.45, 7) is 3.81. The fourth-order valence-corrected chi connectivity index (χ4v) is 3.11. The van der Waals surface area contributed by atoms with Gasteiger partial charge in [-0.15, -0.1) is 0 Å². The van der Waals surface area contributed by atoms with E-state index in [1.807, 2.05) is 32.0 Å². The molecule has 1 aliphatic rings. The molecular formula is C17H22N4O2. The van der Waals surface area contributed by atoms with E-state index in [0.717, 1.165) is 22.6 Å². The summed E-state index contributed by atoms with van der Waals surface area (Å²) >= 11 is 0. The Balaban J connectivity index is 1.72. The lowest BCUT2D eigenvalue weighted by Crippen LogP contribution is -2.42. The maximum atomic E-state index is 12.5. The molecule has 122 valence electrons. The Hall–Kier alpha value is -2.21. The molecule has 1 fully saturated rings. The summed E-state index contributed by atoms with van der Waals surface area (Å²) in [7, 11) is 0. The van der Waals surface area contributed by atoms with Crippen molar-refractivity contribution in [1.82, 2.24) is 20.5 Å². The number of aromatic nitrogens is 3. The first-order valence-corrected chi connectivity index (χ1v) is 7.93. The number of carbonyl (C=O) groups excluding carboxylic acids is 1. The van der Waals surface area contributed by atoms with E-state index in [0.29, 0.717) is 19.3 Å². The summed E-state index contributed by atoms with van der Waals surface area (Å²) < 4.78 is 0. The SMILES string of the molecule is Cc1n[nH]c(C)c1CC(=O)N[C@@H](c1ccccn1)C1CC(O)C1. The topological polar surface area (TPSA) is 90.9 Å². The van der Waals surface area contributed by atoms with Crippen molar-refractivity contribution in [2.45, 2.75) is 45.3 Å². The fourth-order valence-electron chi connectivity index (χ4n) is 3.11. The molecular weight excluding hydrogens is 292 g/mol. The fraction of sp³-hybridized carbons (Fsp3) is 0.471. The van der Waals surface area contributed by atoms with Crippen LogP contribution in [0.3, 0.4) is 0 Å². The smallest absolute Gasteiger partial charge is 0.225 e. The molecule has 6 nitrogen and oxygen atoms in total. The third-order valence-electron chi connectivity index (χ3n) is 4.56. The molecule has 2 aromatic rings. The van der Waals surface area contributed by atoms with Crippen LogP contribution < -0.4 is 5.32 Å². The van der Waals surface area contributed by atoms with E-state index >= 15 is 0 Å². The molecule has 0 aliphatic heterocycles. The van der Waals surface area contributed by atoms with Crippen molar-refractivity contribution in [3.63, 3.8) is 0 Å². The number of hydrogen-bond donors (Lipinski definition) is 3. The molecule has 2 aromatic heterocycles. The number of pyridine rings is 1. The van der Waals surface area contributed by atoms with Gasteiger partial charge in [0.2, 0.25) is 5.91 Å². The number of amides is 1. The number of rotatable bonds is 5. The highest BCUT2D eigenvalue weighted by Crippen LogP contribution is 2.37. The maximum absolute atomic E-state index is 12.5. The second-order valence-electron chi connectivity index (χ2n) is 6.27. The van der Waals surface area contributed by atoms with Crippen molar-refractivity contribution >= 4 is 5.91 Å². The number of H-pyrrole nitrogens is 1. The van der Waals surface area contributed by atoms with Crippen LogP contribution in [-0.4, -0.2) is 32.3 Å². The second kappa shape index (κ2) is 6.50. The number of hydrogen-bond acceptors (Lipinski definition) is 4. The van der Waals surface area contributed by atoms with Crippen molar-refractivity contribution in [2.24, 2.45) is 5.92 Å². The number of nitrogens with zero attached hydrogens (tertiary/aromatic N) is 2. The summed E-state index contributed by atoms with van der Waals surface area (Å²) in [5.41, 5.74) is 3.56. The van der Waals surface area contributed by atoms with Crippen LogP contribution in [0.4, 0.5) is 0 Å². The van der Waals surface area contributed by atoms with Gasteiger partial charge in [0, 0.05) is 17.5 Å². The first-order valence-electron chi connectivity index (χ1n) is 7.93. The van der Waals surface area contributed by atoms with Gasteiger partial charge in [0.05, 0.1) is 30.0 Å². The molecule has 1 amide bonds. The normalized spacial score (nSPS) is 21.5. The third-order valence-corrected chi connectivity index (χ3v) is 4.56. The first-order chi connectivity index (χ1) is 11.0. The van der Waals surface area contributed by atoms with Crippen LogP contribution in [0.2, 0.25) is 0 Å². The Morgan fingerprint density at radius 3 is 2.78 bits per heavy atom. The van der Waals surface area contributed by atoms with E-state index in [4.69, 9.17) is 0 Å². The molecule has 0 radical (unpaired) electrons. The quantitative estimate of drug-likeness (QED) is 0.781. The van der Waals surface area contributed by atoms with Gasteiger partial charge in [-0.05, 0) is 44.7 Å². The molecule has 2 heterocycles. The molecule has 0 aromatic carbocycles. The zero-order valence-electron chi connectivity index (χ0n) is 13.4. The van der Waals surface area contributed by atoms with Gasteiger partial charge in [-0.1, -0.05) is 6.07 Å². The number of nitrogens with one attached hydrogen (secondary N) is 2. The van der Waals surface area contributed by atoms with Crippen LogP contribution in [0.5, 0.6) is 0 Å². The number of carbonyl (C=O) groups is 1. The summed E-state index contributed by atoms with van der Waals surface area (Å²) in [6, 6.07) is 5.54. The second-order valence-corrected chi connectivity index (χ2v) is 6.27. The monoisotopic (exact) mass is 314 g/mol. The number of aliphatic hydroxyl groups excluding tert-OH is 1. The van der Waals surface area contributed by atoms with Crippen LogP contribution in [0.25, 0.3) is 0 Å². The minimum absolute atomic E-state index is 0.0466. The lowest BCUT2D eigenvalue weighted by Gasteiger charge is -2.37. The molecule has 3 N–H and O–H groups in total. The van der Waals surface area contributed by atoms with Gasteiger partial charge in [-0.3, -0.25) is 14.9 Å². The minimum atomic E-state index is -0.263. The van der Waals surface area contributed by atoms with Crippen LogP contribution in [-0.2, 0) is 11.2 Å². The molecule has 1 atom stereocenters. The molecule has 0 unspecified atom stereocenters. The van der Waals surface area contributed by atoms with Gasteiger partial charge < -0.3 is 10.4 Å². The molecule has 0 spiro atoms. The van der Waals surface area contributed by atoms with Crippen LogP contribution in [0.15, 0.2) is 24.4 Å². The Morgan fingerprint density at radius 2 is 2.22 bits per heavy atom. The summed E-state index contributed by atoms with van der Waals surface area (Å²) in [6.07, 6.45) is 3.17. The van der Waals surface area contributed by atoms with Crippen molar-refractivity contribution in [3.8, 4) is 0 Å². The Bertz CT molecular complexity index is 658. The number of aliphatic hydroxyl groups is 1. The Kier molecular flexibility index (Phi) is 4.43. The molecule has 1 saturated carbocycles. The molecule has 6 heteroatoms. The molecule has 3 rings (SSSR count). The maximum Gasteiger partial charge on any atom is 0.225 e. The Labute approximate surface area is 135 Å². The summed E-state index contributed by atoms with van der Waals surface area (Å²) in [5.74, 6) is 0.185. The predicted octanol–water partition coefficient (Wildman–Crippen LogP) is 1.59. The largest absolute Gasteiger partial charge is 0.393 e. The van der Waals surface area contributed by atoms with Crippen molar-refractivity contribution in [1.29, 1.82) is 0 Å². The summed E-state index contributed by atoms with van der Waals surface area (Å²) in [5, 5.41) is 19.7. The Morgan fingerprint density at radius 1 is 1.43 bits per heavy atom. The van der Waals surface area contributed by atoms with Gasteiger partial charge in [-0.25, -0.2) is 0 Å². The number of aromatic amines is 1. The average molecular weight is 314 g/mol. The standard InChI is InChI=1S/C17H22N4O2/c1-10-14(11(2)21-20-10)9-16(23)19-17(12-7-13(22)8-12)15-5-3-4-6-18-15/h3-6,12-13,17,22H,7-9H2,1-2H3,(H,19,23)(H,20,21)/t12?,13?,17-/m1/s1. The zero-order chi connectivity index (χ0) is 16.4. The van der Waals surface area contributed by atoms with Gasteiger partial charge >= 0.3 is 0 Å². The van der Waals surface area contributed by atoms with E-state index in [1.54, 1.807) is 6.20 Å². The van der Waals surface area contributed by atoms with Crippen molar-refractivity contribution in [3.05, 3.63) is 47.0 Å². The van der Waals surface area contributed by atoms with Gasteiger partial charge in [0.1, 0.15) is 0 Å². The van der Waals surface area contributed by atoms with Crippen LogP contribution in [0, 0.1) is 19.8 Å². The highest BCUT2D eigenvalue weighted by Gasteiger charge is 2.36. The van der Waals surface area contributed by atoms with Gasteiger partial charge in [0.15, 0.2) is 0 Å². The first kappa shape index (κ1) is 15.7. The predicted molar refractivity (Wildman–Crippen MR) is 85.6 cm³/mol. The average Bonchev–Trinajstić information content (AvgIpc) is 2.83. The molecule has 23 heavy (non-hydrogen) atoms. The van der Waals surface area contributed by atoms with E-state index in [-0.39, 0.29) is 24.0 Å². The number of aryl methyl sites for hydroxylation is 2. The lowest BCUT2D eigenvalue weighted by molar-refractivity contribution is -0.122.